The Morgan fingerprint density at radius 1 is 1.35 bits per heavy atom. The Morgan fingerprint density at radius 2 is 2.15 bits per heavy atom. The van der Waals surface area contributed by atoms with E-state index < -0.39 is 0 Å². The topological polar surface area (TPSA) is 45.7 Å². The molecule has 2 aliphatic rings. The van der Waals surface area contributed by atoms with Crippen LogP contribution in [0.2, 0.25) is 0 Å². The van der Waals surface area contributed by atoms with Crippen molar-refractivity contribution in [2.45, 2.75) is 18.9 Å². The fourth-order valence-corrected chi connectivity index (χ4v) is 3.28. The van der Waals surface area contributed by atoms with Crippen molar-refractivity contribution < 1.29 is 9.53 Å². The van der Waals surface area contributed by atoms with Gasteiger partial charge in [0.05, 0.1) is 23.3 Å². The van der Waals surface area contributed by atoms with E-state index in [2.05, 4.69) is 25.8 Å². The lowest BCUT2D eigenvalue weighted by molar-refractivity contribution is -0.143. The highest BCUT2D eigenvalue weighted by Gasteiger charge is 2.31. The number of nitrogens with zero attached hydrogens (tertiary/aromatic N) is 3. The highest BCUT2D eigenvalue weighted by Crippen LogP contribution is 2.26. The molecule has 1 aromatic rings. The summed E-state index contributed by atoms with van der Waals surface area (Å²) in [5.74, 6) is 0.136. The number of morpholine rings is 1. The van der Waals surface area contributed by atoms with Gasteiger partial charge in [0.15, 0.2) is 6.10 Å². The number of pyridine rings is 1. The summed E-state index contributed by atoms with van der Waals surface area (Å²) in [7, 11) is 0. The fraction of sp³-hybridized carbons (Fsp3) is 0.571. The molecule has 20 heavy (non-hydrogen) atoms. The minimum absolute atomic E-state index is 0.136. The number of aromatic nitrogens is 1. The van der Waals surface area contributed by atoms with Crippen LogP contribution in [-0.2, 0) is 9.53 Å². The van der Waals surface area contributed by atoms with E-state index in [1.807, 2.05) is 11.0 Å². The second kappa shape index (κ2) is 6.10. The number of halogens is 1. The molecule has 108 valence electrons. The number of likely N-dealkylation sites (tertiary alicyclic amines) is 1. The lowest BCUT2D eigenvalue weighted by Crippen LogP contribution is -2.50. The summed E-state index contributed by atoms with van der Waals surface area (Å²) >= 11 is 3.51. The van der Waals surface area contributed by atoms with Gasteiger partial charge in [0.25, 0.3) is 5.91 Å². The summed E-state index contributed by atoms with van der Waals surface area (Å²) in [5, 5.41) is 0. The average molecular weight is 340 g/mol. The van der Waals surface area contributed by atoms with Crippen LogP contribution >= 0.6 is 15.9 Å². The molecule has 0 N–H and O–H groups in total. The molecule has 1 unspecified atom stereocenters. The van der Waals surface area contributed by atoms with Crippen LogP contribution in [0.15, 0.2) is 22.9 Å². The summed E-state index contributed by atoms with van der Waals surface area (Å²) in [6.45, 7) is 3.73. The van der Waals surface area contributed by atoms with E-state index in [1.54, 1.807) is 12.4 Å². The second-order valence-corrected chi connectivity index (χ2v) is 6.02. The number of rotatable bonds is 2. The fourth-order valence-electron chi connectivity index (χ4n) is 2.78. The SMILES string of the molecule is O=C(C1CN(c2ccncc2Br)CCO1)N1CCCC1. The Hall–Kier alpha value is -1.14. The van der Waals surface area contributed by atoms with Gasteiger partial charge in [-0.2, -0.15) is 0 Å². The molecule has 0 aliphatic carbocycles. The van der Waals surface area contributed by atoms with Crippen molar-refractivity contribution in [2.75, 3.05) is 37.7 Å². The molecular weight excluding hydrogens is 322 g/mol. The first-order valence-electron chi connectivity index (χ1n) is 7.00. The highest BCUT2D eigenvalue weighted by molar-refractivity contribution is 9.10. The summed E-state index contributed by atoms with van der Waals surface area (Å²) in [4.78, 5) is 20.6. The summed E-state index contributed by atoms with van der Waals surface area (Å²) < 4.78 is 6.63. The van der Waals surface area contributed by atoms with Crippen LogP contribution in [0.3, 0.4) is 0 Å². The van der Waals surface area contributed by atoms with Gasteiger partial charge >= 0.3 is 0 Å². The molecule has 6 heteroatoms. The van der Waals surface area contributed by atoms with Gasteiger partial charge in [0.1, 0.15) is 0 Å². The maximum absolute atomic E-state index is 12.4. The molecular formula is C14H18BrN3O2. The third-order valence-electron chi connectivity index (χ3n) is 3.85. The van der Waals surface area contributed by atoms with Crippen LogP contribution in [0.25, 0.3) is 0 Å². The summed E-state index contributed by atoms with van der Waals surface area (Å²) in [6, 6.07) is 1.97. The van der Waals surface area contributed by atoms with Crippen molar-refractivity contribution in [1.82, 2.24) is 9.88 Å². The Balaban J connectivity index is 1.70. The third kappa shape index (κ3) is 2.81. The van der Waals surface area contributed by atoms with Crippen LogP contribution in [-0.4, -0.2) is 54.7 Å². The zero-order valence-corrected chi connectivity index (χ0v) is 12.9. The number of carbonyl (C=O) groups is 1. The maximum atomic E-state index is 12.4. The van der Waals surface area contributed by atoms with Gasteiger partial charge in [-0.15, -0.1) is 0 Å². The average Bonchev–Trinajstić information content (AvgIpc) is 3.01. The zero-order chi connectivity index (χ0) is 13.9. The van der Waals surface area contributed by atoms with Crippen molar-refractivity contribution in [1.29, 1.82) is 0 Å². The number of hydrogen-bond donors (Lipinski definition) is 0. The van der Waals surface area contributed by atoms with Crippen molar-refractivity contribution in [3.8, 4) is 0 Å². The van der Waals surface area contributed by atoms with Gasteiger partial charge in [-0.1, -0.05) is 0 Å². The molecule has 2 fully saturated rings. The number of hydrogen-bond acceptors (Lipinski definition) is 4. The standard InChI is InChI=1S/C14H18BrN3O2/c15-11-9-16-4-3-12(11)18-7-8-20-13(10-18)14(19)17-5-1-2-6-17/h3-4,9,13H,1-2,5-8,10H2. The van der Waals surface area contributed by atoms with Gasteiger partial charge in [-0.25, -0.2) is 0 Å². The van der Waals surface area contributed by atoms with Crippen LogP contribution in [0.5, 0.6) is 0 Å². The highest BCUT2D eigenvalue weighted by atomic mass is 79.9. The van der Waals surface area contributed by atoms with E-state index in [-0.39, 0.29) is 12.0 Å². The van der Waals surface area contributed by atoms with Gasteiger partial charge in [0, 0.05) is 32.0 Å². The molecule has 0 saturated carbocycles. The predicted octanol–water partition coefficient (Wildman–Crippen LogP) is 1.67. The first-order valence-corrected chi connectivity index (χ1v) is 7.80. The molecule has 0 radical (unpaired) electrons. The molecule has 2 saturated heterocycles. The lowest BCUT2D eigenvalue weighted by Gasteiger charge is -2.35. The van der Waals surface area contributed by atoms with Crippen molar-refractivity contribution in [2.24, 2.45) is 0 Å². The van der Waals surface area contributed by atoms with Crippen molar-refractivity contribution in [3.05, 3.63) is 22.9 Å². The smallest absolute Gasteiger partial charge is 0.253 e. The van der Waals surface area contributed by atoms with E-state index in [0.29, 0.717) is 13.2 Å². The van der Waals surface area contributed by atoms with Crippen molar-refractivity contribution in [3.63, 3.8) is 0 Å². The first kappa shape index (κ1) is 13.8. The van der Waals surface area contributed by atoms with Gasteiger partial charge in [-0.3, -0.25) is 9.78 Å². The predicted molar refractivity (Wildman–Crippen MR) is 79.7 cm³/mol. The van der Waals surface area contributed by atoms with Crippen LogP contribution in [0, 0.1) is 0 Å². The Kier molecular flexibility index (Phi) is 4.21. The Labute approximate surface area is 127 Å². The minimum atomic E-state index is -0.345. The number of ether oxygens (including phenoxy) is 1. The third-order valence-corrected chi connectivity index (χ3v) is 4.46. The van der Waals surface area contributed by atoms with E-state index in [1.165, 1.54) is 0 Å². The largest absolute Gasteiger partial charge is 0.365 e. The van der Waals surface area contributed by atoms with E-state index in [4.69, 9.17) is 4.74 Å². The van der Waals surface area contributed by atoms with Gasteiger partial charge < -0.3 is 14.5 Å². The van der Waals surface area contributed by atoms with Gasteiger partial charge in [-0.05, 0) is 34.8 Å². The maximum Gasteiger partial charge on any atom is 0.253 e. The lowest BCUT2D eigenvalue weighted by atomic mass is 10.2. The zero-order valence-electron chi connectivity index (χ0n) is 11.3. The normalized spacial score (nSPS) is 23.1. The second-order valence-electron chi connectivity index (χ2n) is 5.16. The van der Waals surface area contributed by atoms with Crippen LogP contribution in [0.1, 0.15) is 12.8 Å². The molecule has 1 aromatic heterocycles. The van der Waals surface area contributed by atoms with Gasteiger partial charge in [0.2, 0.25) is 0 Å². The summed E-state index contributed by atoms with van der Waals surface area (Å²) in [6.07, 6.45) is 5.42. The summed E-state index contributed by atoms with van der Waals surface area (Å²) in [5.41, 5.74) is 1.07. The molecule has 5 nitrogen and oxygen atoms in total. The van der Waals surface area contributed by atoms with E-state index >= 15 is 0 Å². The Morgan fingerprint density at radius 3 is 2.90 bits per heavy atom. The van der Waals surface area contributed by atoms with Crippen LogP contribution < -0.4 is 4.90 Å². The monoisotopic (exact) mass is 339 g/mol. The molecule has 2 aliphatic heterocycles. The molecule has 3 rings (SSSR count). The Bertz CT molecular complexity index is 491. The quantitative estimate of drug-likeness (QED) is 0.822. The number of amides is 1. The first-order chi connectivity index (χ1) is 9.75. The van der Waals surface area contributed by atoms with Crippen molar-refractivity contribution >= 4 is 27.5 Å². The molecule has 0 aromatic carbocycles. The van der Waals surface area contributed by atoms with E-state index in [9.17, 15) is 4.79 Å². The van der Waals surface area contributed by atoms with Crippen LogP contribution in [0.4, 0.5) is 5.69 Å². The van der Waals surface area contributed by atoms with E-state index in [0.717, 1.165) is 42.6 Å². The molecule has 3 heterocycles. The number of anilines is 1. The minimum Gasteiger partial charge on any atom is -0.365 e. The molecule has 0 bridgehead atoms. The number of carbonyl (C=O) groups excluding carboxylic acids is 1. The molecule has 1 amide bonds. The molecule has 1 atom stereocenters. The molecule has 0 spiro atoms.